The summed E-state index contributed by atoms with van der Waals surface area (Å²) in [6.45, 7) is 0. The summed E-state index contributed by atoms with van der Waals surface area (Å²) in [7, 11) is 0. The van der Waals surface area contributed by atoms with Crippen molar-refractivity contribution in [2.75, 3.05) is 0 Å². The van der Waals surface area contributed by atoms with Crippen LogP contribution in [0.2, 0.25) is 0 Å². The molecule has 0 aliphatic heterocycles. The smallest absolute Gasteiger partial charge is 0.335 e. The number of aliphatic hydroxyl groups is 2. The van der Waals surface area contributed by atoms with Crippen LogP contribution in [0.5, 0.6) is 5.75 Å². The lowest BCUT2D eigenvalue weighted by molar-refractivity contribution is -0.165. The van der Waals surface area contributed by atoms with Crippen molar-refractivity contribution in [2.24, 2.45) is 0 Å². The van der Waals surface area contributed by atoms with E-state index in [0.717, 1.165) is 5.39 Å². The number of carboxylic acid groups (broad SMARTS) is 2. The van der Waals surface area contributed by atoms with Gasteiger partial charge in [-0.3, -0.25) is 4.98 Å². The van der Waals surface area contributed by atoms with E-state index < -0.39 is 24.1 Å². The van der Waals surface area contributed by atoms with E-state index in [1.165, 1.54) is 0 Å². The summed E-state index contributed by atoms with van der Waals surface area (Å²) < 4.78 is 0. The van der Waals surface area contributed by atoms with Gasteiger partial charge in [-0.1, -0.05) is 18.2 Å². The van der Waals surface area contributed by atoms with Crippen molar-refractivity contribution < 1.29 is 35.1 Å². The van der Waals surface area contributed by atoms with E-state index in [4.69, 9.17) is 20.4 Å². The number of benzene rings is 1. The number of rotatable bonds is 3. The van der Waals surface area contributed by atoms with Crippen LogP contribution < -0.4 is 0 Å². The molecule has 0 unspecified atom stereocenters. The molecule has 5 N–H and O–H groups in total. The third-order valence-corrected chi connectivity index (χ3v) is 2.42. The summed E-state index contributed by atoms with van der Waals surface area (Å²) in [4.78, 5) is 23.6. The van der Waals surface area contributed by atoms with Crippen molar-refractivity contribution in [1.29, 1.82) is 0 Å². The fraction of sp³-hybridized carbons (Fsp3) is 0.154. The number of carbonyl (C=O) groups is 2. The molecule has 0 saturated heterocycles. The largest absolute Gasteiger partial charge is 0.506 e. The predicted molar refractivity (Wildman–Crippen MR) is 70.7 cm³/mol. The first-order valence-corrected chi connectivity index (χ1v) is 5.69. The molecule has 0 aliphatic rings. The molecule has 1 aromatic carbocycles. The molecule has 2 aromatic rings. The van der Waals surface area contributed by atoms with Crippen LogP contribution in [0.15, 0.2) is 36.5 Å². The summed E-state index contributed by atoms with van der Waals surface area (Å²) in [6, 6.07) is 9.13. The third-order valence-electron chi connectivity index (χ3n) is 2.42. The standard InChI is InChI=1S/C9H7NO.C4H6O6/c11-8-5-1-3-7-4-2-6-10-9(7)8;5-1(3(7)8)2(6)4(9)10/h1-6,11H;1-2,5-6H,(H,7,8)(H,9,10)/t;1-,2-/m.0/s1. The Morgan fingerprint density at radius 1 is 0.952 bits per heavy atom. The van der Waals surface area contributed by atoms with Gasteiger partial charge in [0.2, 0.25) is 0 Å². The topological polar surface area (TPSA) is 148 Å². The van der Waals surface area contributed by atoms with Crippen LogP contribution >= 0.6 is 0 Å². The Bertz CT molecular complexity index is 620. The molecule has 8 nitrogen and oxygen atoms in total. The molecule has 112 valence electrons. The first kappa shape index (κ1) is 16.3. The fourth-order valence-electron chi connectivity index (χ4n) is 1.36. The Kier molecular flexibility index (Phi) is 5.58. The zero-order valence-corrected chi connectivity index (χ0v) is 10.6. The maximum absolute atomic E-state index is 9.77. The third kappa shape index (κ3) is 4.41. The summed E-state index contributed by atoms with van der Waals surface area (Å²) in [6.07, 6.45) is -2.86. The molecule has 0 radical (unpaired) electrons. The van der Waals surface area contributed by atoms with Crippen molar-refractivity contribution >= 4 is 22.8 Å². The number of para-hydroxylation sites is 1. The molecule has 0 amide bonds. The van der Waals surface area contributed by atoms with E-state index >= 15 is 0 Å². The second kappa shape index (κ2) is 7.17. The molecule has 0 bridgehead atoms. The van der Waals surface area contributed by atoms with Crippen LogP contribution in [0, 0.1) is 0 Å². The van der Waals surface area contributed by atoms with Crippen molar-refractivity contribution in [3.63, 3.8) is 0 Å². The van der Waals surface area contributed by atoms with E-state index in [-0.39, 0.29) is 5.75 Å². The van der Waals surface area contributed by atoms with Gasteiger partial charge >= 0.3 is 11.9 Å². The van der Waals surface area contributed by atoms with Gasteiger partial charge in [-0.25, -0.2) is 9.59 Å². The van der Waals surface area contributed by atoms with Crippen molar-refractivity contribution in [3.05, 3.63) is 36.5 Å². The van der Waals surface area contributed by atoms with Crippen LogP contribution in [0.25, 0.3) is 10.9 Å². The van der Waals surface area contributed by atoms with E-state index in [2.05, 4.69) is 4.98 Å². The normalized spacial score (nSPS) is 12.9. The second-order valence-corrected chi connectivity index (χ2v) is 3.92. The van der Waals surface area contributed by atoms with Crippen LogP contribution in [0.1, 0.15) is 0 Å². The maximum Gasteiger partial charge on any atom is 0.335 e. The zero-order valence-electron chi connectivity index (χ0n) is 10.6. The first-order chi connectivity index (χ1) is 9.84. The lowest BCUT2D eigenvalue weighted by Gasteiger charge is -2.07. The summed E-state index contributed by atoms with van der Waals surface area (Å²) >= 11 is 0. The molecule has 2 atom stereocenters. The van der Waals surface area contributed by atoms with Gasteiger partial charge in [0.25, 0.3) is 0 Å². The molecule has 2 rings (SSSR count). The minimum Gasteiger partial charge on any atom is -0.506 e. The Balaban J connectivity index is 0.000000212. The summed E-state index contributed by atoms with van der Waals surface area (Å²) in [5.74, 6) is -3.30. The Morgan fingerprint density at radius 3 is 1.95 bits per heavy atom. The highest BCUT2D eigenvalue weighted by Gasteiger charge is 2.29. The number of aliphatic hydroxyl groups excluding tert-OH is 2. The molecule has 1 heterocycles. The number of hydrogen-bond acceptors (Lipinski definition) is 6. The molecular weight excluding hydrogens is 282 g/mol. The highest BCUT2D eigenvalue weighted by atomic mass is 16.4. The van der Waals surface area contributed by atoms with Gasteiger partial charge in [-0.05, 0) is 12.1 Å². The van der Waals surface area contributed by atoms with Crippen LogP contribution in [0.4, 0.5) is 0 Å². The number of hydrogen-bond donors (Lipinski definition) is 5. The fourth-order valence-corrected chi connectivity index (χ4v) is 1.36. The molecular formula is C13H13NO7. The second-order valence-electron chi connectivity index (χ2n) is 3.92. The minimum atomic E-state index is -2.27. The quantitative estimate of drug-likeness (QED) is 0.523. The number of phenols is 1. The van der Waals surface area contributed by atoms with Crippen molar-refractivity contribution in [3.8, 4) is 5.75 Å². The Morgan fingerprint density at radius 2 is 1.48 bits per heavy atom. The Hall–Kier alpha value is -2.71. The molecule has 0 saturated carbocycles. The molecule has 0 spiro atoms. The number of carboxylic acids is 2. The SMILES string of the molecule is O=C(O)[C@@H](O)[C@H](O)C(=O)O.Oc1cccc2cccnc12. The average Bonchev–Trinajstić information content (AvgIpc) is 2.46. The molecule has 0 fully saturated rings. The molecule has 8 heteroatoms. The monoisotopic (exact) mass is 295 g/mol. The van der Waals surface area contributed by atoms with E-state index in [1.54, 1.807) is 18.3 Å². The number of fused-ring (bicyclic) bond motifs is 1. The number of aromatic nitrogens is 1. The molecule has 1 aromatic heterocycles. The first-order valence-electron chi connectivity index (χ1n) is 5.69. The molecule has 0 aliphatic carbocycles. The van der Waals surface area contributed by atoms with Crippen LogP contribution in [-0.4, -0.2) is 54.7 Å². The minimum absolute atomic E-state index is 0.239. The number of aromatic hydroxyl groups is 1. The van der Waals surface area contributed by atoms with Crippen molar-refractivity contribution in [1.82, 2.24) is 4.98 Å². The highest BCUT2D eigenvalue weighted by Crippen LogP contribution is 2.20. The number of phenolic OH excluding ortho intramolecular Hbond substituents is 1. The van der Waals surface area contributed by atoms with Gasteiger partial charge < -0.3 is 25.5 Å². The van der Waals surface area contributed by atoms with E-state index in [9.17, 15) is 14.7 Å². The number of pyridine rings is 1. The predicted octanol–water partition coefficient (Wildman–Crippen LogP) is -0.182. The van der Waals surface area contributed by atoms with Gasteiger partial charge in [0.15, 0.2) is 12.2 Å². The molecule has 21 heavy (non-hydrogen) atoms. The van der Waals surface area contributed by atoms with Gasteiger partial charge in [-0.15, -0.1) is 0 Å². The van der Waals surface area contributed by atoms with E-state index in [1.807, 2.05) is 18.2 Å². The lowest BCUT2D eigenvalue weighted by Crippen LogP contribution is -2.39. The van der Waals surface area contributed by atoms with Gasteiger partial charge in [-0.2, -0.15) is 0 Å². The van der Waals surface area contributed by atoms with Crippen LogP contribution in [-0.2, 0) is 9.59 Å². The maximum atomic E-state index is 9.77. The van der Waals surface area contributed by atoms with Gasteiger partial charge in [0, 0.05) is 11.6 Å². The van der Waals surface area contributed by atoms with Crippen LogP contribution in [0.3, 0.4) is 0 Å². The highest BCUT2D eigenvalue weighted by molar-refractivity contribution is 5.84. The summed E-state index contributed by atoms with van der Waals surface area (Å²) in [5, 5.41) is 42.8. The number of nitrogens with zero attached hydrogens (tertiary/aromatic N) is 1. The van der Waals surface area contributed by atoms with Gasteiger partial charge in [0.05, 0.1) is 0 Å². The number of aliphatic carboxylic acids is 2. The Labute approximate surface area is 118 Å². The lowest BCUT2D eigenvalue weighted by atomic mass is 10.2. The average molecular weight is 295 g/mol. The zero-order chi connectivity index (χ0) is 16.0. The van der Waals surface area contributed by atoms with E-state index in [0.29, 0.717) is 5.52 Å². The van der Waals surface area contributed by atoms with Crippen molar-refractivity contribution in [2.45, 2.75) is 12.2 Å². The van der Waals surface area contributed by atoms with Gasteiger partial charge in [0.1, 0.15) is 11.3 Å². The summed E-state index contributed by atoms with van der Waals surface area (Å²) in [5.41, 5.74) is 0.662.